The number of hydrogen-bond donors (Lipinski definition) is 1. The first-order valence-electron chi connectivity index (χ1n) is 2.93. The van der Waals surface area contributed by atoms with Crippen LogP contribution in [0.1, 0.15) is 6.92 Å². The summed E-state index contributed by atoms with van der Waals surface area (Å²) in [7, 11) is 0. The van der Waals surface area contributed by atoms with Crippen molar-refractivity contribution < 1.29 is 9.59 Å². The van der Waals surface area contributed by atoms with E-state index in [0.29, 0.717) is 0 Å². The van der Waals surface area contributed by atoms with E-state index in [9.17, 15) is 9.59 Å². The molecule has 0 fully saturated rings. The predicted molar refractivity (Wildman–Crippen MR) is 34.6 cm³/mol. The van der Waals surface area contributed by atoms with Gasteiger partial charge in [-0.2, -0.15) is 0 Å². The molecule has 0 aromatic heterocycles. The van der Waals surface area contributed by atoms with Crippen molar-refractivity contribution in [2.75, 3.05) is 0 Å². The number of hydrogen-bond acceptors (Lipinski definition) is 3. The molecule has 1 amide bonds. The maximum atomic E-state index is 10.6. The molecule has 54 valence electrons. The van der Waals surface area contributed by atoms with Gasteiger partial charge in [0, 0.05) is 13.1 Å². The van der Waals surface area contributed by atoms with Crippen LogP contribution in [0.4, 0.5) is 0 Å². The molecule has 4 nitrogen and oxygen atoms in total. The highest BCUT2D eigenvalue weighted by molar-refractivity contribution is 5.75. The maximum Gasteiger partial charge on any atom is 0.237 e. The number of nitrogens with zero attached hydrogens (tertiary/aromatic N) is 1. The summed E-state index contributed by atoms with van der Waals surface area (Å²) in [5.41, 5.74) is 2.64. The Kier molecular flexibility index (Phi) is 1.82. The second-order valence-corrected chi connectivity index (χ2v) is 2.02. The molecule has 0 aromatic rings. The van der Waals surface area contributed by atoms with E-state index in [1.165, 1.54) is 11.9 Å². The van der Waals surface area contributed by atoms with Crippen LogP contribution in [-0.2, 0) is 9.59 Å². The van der Waals surface area contributed by atoms with Gasteiger partial charge in [0.05, 0.1) is 0 Å². The highest BCUT2D eigenvalue weighted by atomic mass is 16.2. The fourth-order valence-corrected chi connectivity index (χ4v) is 0.697. The smallest absolute Gasteiger partial charge is 0.237 e. The number of nitrogens with one attached hydrogen (secondary N) is 1. The van der Waals surface area contributed by atoms with Crippen molar-refractivity contribution in [3.8, 4) is 0 Å². The summed E-state index contributed by atoms with van der Waals surface area (Å²) in [6, 6.07) is -0.344. The lowest BCUT2D eigenvalue weighted by Gasteiger charge is -2.11. The van der Waals surface area contributed by atoms with Crippen molar-refractivity contribution in [1.82, 2.24) is 10.4 Å². The topological polar surface area (TPSA) is 49.4 Å². The Morgan fingerprint density at radius 1 is 1.80 bits per heavy atom. The summed E-state index contributed by atoms with van der Waals surface area (Å²) in [6.45, 7) is 1.42. The van der Waals surface area contributed by atoms with Crippen molar-refractivity contribution in [2.45, 2.75) is 13.0 Å². The minimum absolute atomic E-state index is 0.124. The lowest BCUT2D eigenvalue weighted by molar-refractivity contribution is -0.128. The van der Waals surface area contributed by atoms with Crippen LogP contribution < -0.4 is 5.43 Å². The lowest BCUT2D eigenvalue weighted by atomic mass is 10.4. The zero-order chi connectivity index (χ0) is 7.56. The minimum atomic E-state index is -0.344. The highest BCUT2D eigenvalue weighted by Crippen LogP contribution is 1.98. The van der Waals surface area contributed by atoms with Gasteiger partial charge in [0.15, 0.2) is 0 Å². The van der Waals surface area contributed by atoms with Crippen LogP contribution in [0.25, 0.3) is 0 Å². The van der Waals surface area contributed by atoms with Crippen LogP contribution in [0.3, 0.4) is 0 Å². The SMILES string of the molecule is CC(=O)N1C=CC(C=O)N1. The second-order valence-electron chi connectivity index (χ2n) is 2.02. The van der Waals surface area contributed by atoms with E-state index in [0.717, 1.165) is 6.29 Å². The third-order valence-corrected chi connectivity index (χ3v) is 1.22. The molecule has 4 heteroatoms. The molecule has 0 aliphatic carbocycles. The van der Waals surface area contributed by atoms with E-state index in [-0.39, 0.29) is 11.9 Å². The van der Waals surface area contributed by atoms with Crippen molar-refractivity contribution in [1.29, 1.82) is 0 Å². The van der Waals surface area contributed by atoms with Gasteiger partial charge < -0.3 is 4.79 Å². The molecule has 0 saturated carbocycles. The van der Waals surface area contributed by atoms with Crippen LogP contribution in [0.5, 0.6) is 0 Å². The van der Waals surface area contributed by atoms with Crippen molar-refractivity contribution in [2.24, 2.45) is 0 Å². The van der Waals surface area contributed by atoms with E-state index >= 15 is 0 Å². The Morgan fingerprint density at radius 2 is 2.50 bits per heavy atom. The van der Waals surface area contributed by atoms with Crippen molar-refractivity contribution in [3.05, 3.63) is 12.3 Å². The Hall–Kier alpha value is -1.16. The van der Waals surface area contributed by atoms with Crippen LogP contribution in [0, 0.1) is 0 Å². The van der Waals surface area contributed by atoms with Gasteiger partial charge in [0.2, 0.25) is 5.91 Å². The second kappa shape index (κ2) is 2.62. The first-order valence-corrected chi connectivity index (χ1v) is 2.93. The van der Waals surface area contributed by atoms with Crippen LogP contribution in [0.2, 0.25) is 0 Å². The number of aldehydes is 1. The first-order chi connectivity index (χ1) is 4.74. The van der Waals surface area contributed by atoms with Gasteiger partial charge in [-0.15, -0.1) is 0 Å². The molecule has 1 aliphatic heterocycles. The van der Waals surface area contributed by atoms with Gasteiger partial charge in [0.25, 0.3) is 0 Å². The summed E-state index contributed by atoms with van der Waals surface area (Å²) in [5.74, 6) is -0.124. The zero-order valence-corrected chi connectivity index (χ0v) is 5.57. The summed E-state index contributed by atoms with van der Waals surface area (Å²) >= 11 is 0. The summed E-state index contributed by atoms with van der Waals surface area (Å²) in [6.07, 6.45) is 3.90. The Balaban J connectivity index is 2.52. The molecule has 0 saturated heterocycles. The van der Waals surface area contributed by atoms with Crippen LogP contribution in [0.15, 0.2) is 12.3 Å². The van der Waals surface area contributed by atoms with E-state index in [1.807, 2.05) is 0 Å². The van der Waals surface area contributed by atoms with E-state index < -0.39 is 0 Å². The quantitative estimate of drug-likeness (QED) is 0.496. The Labute approximate surface area is 58.5 Å². The summed E-state index contributed by atoms with van der Waals surface area (Å²) in [4.78, 5) is 20.7. The van der Waals surface area contributed by atoms with Crippen LogP contribution >= 0.6 is 0 Å². The van der Waals surface area contributed by atoms with Gasteiger partial charge in [-0.25, -0.2) is 5.43 Å². The van der Waals surface area contributed by atoms with Gasteiger partial charge in [0.1, 0.15) is 12.3 Å². The molecular formula is C6H8N2O2. The van der Waals surface area contributed by atoms with Crippen LogP contribution in [-0.4, -0.2) is 23.2 Å². The molecule has 0 bridgehead atoms. The molecule has 0 spiro atoms. The minimum Gasteiger partial charge on any atom is -0.301 e. The summed E-state index contributed by atoms with van der Waals surface area (Å²) < 4.78 is 0. The zero-order valence-electron chi connectivity index (χ0n) is 5.57. The van der Waals surface area contributed by atoms with Crippen molar-refractivity contribution >= 4 is 12.2 Å². The van der Waals surface area contributed by atoms with Gasteiger partial charge in [-0.05, 0) is 6.08 Å². The normalized spacial score (nSPS) is 23.3. The predicted octanol–water partition coefficient (Wildman–Crippen LogP) is -0.566. The standard InChI is InChI=1S/C6H8N2O2/c1-5(10)8-3-2-6(4-9)7-8/h2-4,6-7H,1H3. The molecule has 0 radical (unpaired) electrons. The van der Waals surface area contributed by atoms with E-state index in [1.54, 1.807) is 12.3 Å². The molecule has 10 heavy (non-hydrogen) atoms. The third-order valence-electron chi connectivity index (χ3n) is 1.22. The third kappa shape index (κ3) is 1.22. The number of carbonyl (C=O) groups excluding carboxylic acids is 2. The maximum absolute atomic E-state index is 10.6. The molecule has 1 rings (SSSR count). The van der Waals surface area contributed by atoms with Gasteiger partial charge in [-0.1, -0.05) is 0 Å². The average molecular weight is 140 g/mol. The lowest BCUT2D eigenvalue weighted by Crippen LogP contribution is -2.38. The summed E-state index contributed by atoms with van der Waals surface area (Å²) in [5, 5.41) is 1.28. The number of hydrazine groups is 1. The molecule has 1 atom stereocenters. The molecule has 1 N–H and O–H groups in total. The van der Waals surface area contributed by atoms with E-state index in [4.69, 9.17) is 0 Å². The number of carbonyl (C=O) groups is 2. The van der Waals surface area contributed by atoms with Gasteiger partial charge in [-0.3, -0.25) is 9.80 Å². The van der Waals surface area contributed by atoms with Gasteiger partial charge >= 0.3 is 0 Å². The largest absolute Gasteiger partial charge is 0.301 e. The highest BCUT2D eigenvalue weighted by Gasteiger charge is 2.15. The number of rotatable bonds is 1. The fraction of sp³-hybridized carbons (Fsp3) is 0.333. The molecule has 1 aliphatic rings. The van der Waals surface area contributed by atoms with Crippen molar-refractivity contribution in [3.63, 3.8) is 0 Å². The molecule has 1 unspecified atom stereocenters. The fourth-order valence-electron chi connectivity index (χ4n) is 0.697. The average Bonchev–Trinajstić information content (AvgIpc) is 2.34. The monoisotopic (exact) mass is 140 g/mol. The van der Waals surface area contributed by atoms with E-state index in [2.05, 4.69) is 5.43 Å². The Bertz CT molecular complexity index is 188. The Morgan fingerprint density at radius 3 is 2.80 bits per heavy atom. The molecular weight excluding hydrogens is 132 g/mol. The first kappa shape index (κ1) is 6.95. The molecule has 1 heterocycles. The molecule has 0 aromatic carbocycles. The number of amides is 1.